The third kappa shape index (κ3) is 3.89. The van der Waals surface area contributed by atoms with E-state index in [-0.39, 0.29) is 5.97 Å². The molecule has 0 spiro atoms. The highest BCUT2D eigenvalue weighted by Crippen LogP contribution is 2.31. The third-order valence-corrected chi connectivity index (χ3v) is 3.20. The monoisotopic (exact) mass is 257 g/mol. The summed E-state index contributed by atoms with van der Waals surface area (Å²) in [6.45, 7) is 4.51. The zero-order chi connectivity index (χ0) is 13.4. The second kappa shape index (κ2) is 7.24. The molecule has 1 N–H and O–H groups in total. The van der Waals surface area contributed by atoms with Gasteiger partial charge in [-0.05, 0) is 26.2 Å². The lowest BCUT2D eigenvalue weighted by Gasteiger charge is -2.27. The van der Waals surface area contributed by atoms with Gasteiger partial charge in [-0.1, -0.05) is 26.2 Å². The summed E-state index contributed by atoms with van der Waals surface area (Å²) in [7, 11) is 0. The summed E-state index contributed by atoms with van der Waals surface area (Å²) in [4.78, 5) is 23.6. The summed E-state index contributed by atoms with van der Waals surface area (Å²) < 4.78 is 10.1. The molecule has 0 aromatic carbocycles. The minimum atomic E-state index is -0.862. The Labute approximate surface area is 108 Å². The minimum Gasteiger partial charge on any atom is -0.464 e. The van der Waals surface area contributed by atoms with Gasteiger partial charge in [0.1, 0.15) is 5.54 Å². The number of rotatable bonds is 6. The SMILES string of the molecule is CCCCOC(=O)NC1(C(=O)OCC)CCCC1. The number of carbonyl (C=O) groups excluding carboxylic acids is 2. The number of esters is 1. The van der Waals surface area contributed by atoms with Crippen LogP contribution in [0.5, 0.6) is 0 Å². The maximum absolute atomic E-state index is 11.9. The van der Waals surface area contributed by atoms with Crippen molar-refractivity contribution in [1.82, 2.24) is 5.32 Å². The van der Waals surface area contributed by atoms with E-state index in [1.165, 1.54) is 0 Å². The second-order valence-electron chi connectivity index (χ2n) is 4.62. The Bertz CT molecular complexity index is 285. The van der Waals surface area contributed by atoms with Crippen LogP contribution in [0.15, 0.2) is 0 Å². The molecule has 1 rings (SSSR count). The summed E-state index contributed by atoms with van der Waals surface area (Å²) in [6.07, 6.45) is 4.40. The fourth-order valence-electron chi connectivity index (χ4n) is 2.17. The molecular weight excluding hydrogens is 234 g/mol. The number of nitrogens with one attached hydrogen (secondary N) is 1. The average Bonchev–Trinajstić information content (AvgIpc) is 2.79. The van der Waals surface area contributed by atoms with Gasteiger partial charge in [0.25, 0.3) is 0 Å². The van der Waals surface area contributed by atoms with Crippen LogP contribution in [0.25, 0.3) is 0 Å². The van der Waals surface area contributed by atoms with E-state index in [0.717, 1.165) is 25.7 Å². The maximum Gasteiger partial charge on any atom is 0.408 e. The van der Waals surface area contributed by atoms with Crippen molar-refractivity contribution in [3.8, 4) is 0 Å². The summed E-state index contributed by atoms with van der Waals surface area (Å²) in [5.41, 5.74) is -0.862. The highest BCUT2D eigenvalue weighted by Gasteiger charge is 2.44. The van der Waals surface area contributed by atoms with Gasteiger partial charge in [0.15, 0.2) is 0 Å². The number of ether oxygens (including phenoxy) is 2. The van der Waals surface area contributed by atoms with E-state index < -0.39 is 11.6 Å². The van der Waals surface area contributed by atoms with E-state index in [1.54, 1.807) is 6.92 Å². The Kier molecular flexibility index (Phi) is 5.95. The zero-order valence-electron chi connectivity index (χ0n) is 11.3. The molecule has 18 heavy (non-hydrogen) atoms. The third-order valence-electron chi connectivity index (χ3n) is 3.20. The predicted octanol–water partition coefficient (Wildman–Crippen LogP) is 2.39. The van der Waals surface area contributed by atoms with Crippen molar-refractivity contribution in [3.05, 3.63) is 0 Å². The van der Waals surface area contributed by atoms with E-state index in [0.29, 0.717) is 26.1 Å². The molecule has 1 aliphatic carbocycles. The molecule has 0 aromatic heterocycles. The highest BCUT2D eigenvalue weighted by atomic mass is 16.6. The molecule has 0 bridgehead atoms. The van der Waals surface area contributed by atoms with Crippen molar-refractivity contribution in [2.75, 3.05) is 13.2 Å². The van der Waals surface area contributed by atoms with Crippen LogP contribution >= 0.6 is 0 Å². The molecule has 0 unspecified atom stereocenters. The molecule has 104 valence electrons. The molecule has 0 saturated heterocycles. The second-order valence-corrected chi connectivity index (χ2v) is 4.62. The zero-order valence-corrected chi connectivity index (χ0v) is 11.3. The van der Waals surface area contributed by atoms with E-state index in [1.807, 2.05) is 6.92 Å². The van der Waals surface area contributed by atoms with Gasteiger partial charge < -0.3 is 14.8 Å². The Hall–Kier alpha value is -1.26. The molecule has 1 aliphatic rings. The molecule has 0 heterocycles. The van der Waals surface area contributed by atoms with Crippen LogP contribution in [-0.2, 0) is 14.3 Å². The normalized spacial score (nSPS) is 17.2. The van der Waals surface area contributed by atoms with Crippen LogP contribution in [0, 0.1) is 0 Å². The molecule has 5 heteroatoms. The van der Waals surface area contributed by atoms with Crippen molar-refractivity contribution >= 4 is 12.1 Å². The molecule has 5 nitrogen and oxygen atoms in total. The number of carbonyl (C=O) groups is 2. The lowest BCUT2D eigenvalue weighted by atomic mass is 9.98. The standard InChI is InChI=1S/C13H23NO4/c1-3-5-10-18-12(16)14-13(8-6-7-9-13)11(15)17-4-2/h3-10H2,1-2H3,(H,14,16). The van der Waals surface area contributed by atoms with Gasteiger partial charge in [-0.2, -0.15) is 0 Å². The quantitative estimate of drug-likeness (QED) is 0.586. The van der Waals surface area contributed by atoms with Crippen molar-refractivity contribution < 1.29 is 19.1 Å². The van der Waals surface area contributed by atoms with Gasteiger partial charge in [-0.25, -0.2) is 9.59 Å². The largest absolute Gasteiger partial charge is 0.464 e. The summed E-state index contributed by atoms with van der Waals surface area (Å²) in [6, 6.07) is 0. The topological polar surface area (TPSA) is 64.6 Å². The molecule has 0 atom stereocenters. The van der Waals surface area contributed by atoms with Crippen molar-refractivity contribution in [1.29, 1.82) is 0 Å². The molecular formula is C13H23NO4. The average molecular weight is 257 g/mol. The van der Waals surface area contributed by atoms with Crippen LogP contribution in [0.4, 0.5) is 4.79 Å². The van der Waals surface area contributed by atoms with Gasteiger partial charge in [-0.3, -0.25) is 0 Å². The predicted molar refractivity (Wildman–Crippen MR) is 67.2 cm³/mol. The van der Waals surface area contributed by atoms with Crippen LogP contribution in [-0.4, -0.2) is 30.8 Å². The van der Waals surface area contributed by atoms with E-state index >= 15 is 0 Å². The number of alkyl carbamates (subject to hydrolysis) is 1. The maximum atomic E-state index is 11.9. The Morgan fingerprint density at radius 3 is 2.39 bits per heavy atom. The van der Waals surface area contributed by atoms with Crippen LogP contribution in [0.1, 0.15) is 52.4 Å². The first kappa shape index (κ1) is 14.8. The molecule has 1 amide bonds. The fraction of sp³-hybridized carbons (Fsp3) is 0.846. The summed E-state index contributed by atoms with van der Waals surface area (Å²) in [5, 5.41) is 2.70. The first-order valence-electron chi connectivity index (χ1n) is 6.77. The molecule has 0 aliphatic heterocycles. The van der Waals surface area contributed by atoms with Gasteiger partial charge in [0, 0.05) is 0 Å². The van der Waals surface area contributed by atoms with Gasteiger partial charge in [-0.15, -0.1) is 0 Å². The smallest absolute Gasteiger partial charge is 0.408 e. The highest BCUT2D eigenvalue weighted by molar-refractivity contribution is 5.86. The van der Waals surface area contributed by atoms with Gasteiger partial charge in [0.05, 0.1) is 13.2 Å². The lowest BCUT2D eigenvalue weighted by Crippen LogP contribution is -2.53. The van der Waals surface area contributed by atoms with Gasteiger partial charge in [0.2, 0.25) is 0 Å². The number of amides is 1. The van der Waals surface area contributed by atoms with Crippen LogP contribution in [0.3, 0.4) is 0 Å². The molecule has 1 fully saturated rings. The van der Waals surface area contributed by atoms with Crippen LogP contribution in [0.2, 0.25) is 0 Å². The lowest BCUT2D eigenvalue weighted by molar-refractivity contribution is -0.150. The Morgan fingerprint density at radius 1 is 1.17 bits per heavy atom. The van der Waals surface area contributed by atoms with E-state index in [4.69, 9.17) is 9.47 Å². The van der Waals surface area contributed by atoms with Crippen molar-refractivity contribution in [3.63, 3.8) is 0 Å². The van der Waals surface area contributed by atoms with Crippen LogP contribution < -0.4 is 5.32 Å². The van der Waals surface area contributed by atoms with Crippen molar-refractivity contribution in [2.24, 2.45) is 0 Å². The number of hydrogen-bond donors (Lipinski definition) is 1. The first-order valence-corrected chi connectivity index (χ1v) is 6.77. The molecule has 0 aromatic rings. The summed E-state index contributed by atoms with van der Waals surface area (Å²) >= 11 is 0. The Balaban J connectivity index is 2.52. The van der Waals surface area contributed by atoms with E-state index in [2.05, 4.69) is 5.32 Å². The molecule has 0 radical (unpaired) electrons. The Morgan fingerprint density at radius 2 is 1.83 bits per heavy atom. The fourth-order valence-corrected chi connectivity index (χ4v) is 2.17. The molecule has 1 saturated carbocycles. The number of unbranched alkanes of at least 4 members (excludes halogenated alkanes) is 1. The summed E-state index contributed by atoms with van der Waals surface area (Å²) in [5.74, 6) is -0.338. The number of hydrogen-bond acceptors (Lipinski definition) is 4. The van der Waals surface area contributed by atoms with Gasteiger partial charge >= 0.3 is 12.1 Å². The van der Waals surface area contributed by atoms with E-state index in [9.17, 15) is 9.59 Å². The first-order chi connectivity index (χ1) is 8.64. The van der Waals surface area contributed by atoms with Crippen molar-refractivity contribution in [2.45, 2.75) is 57.9 Å². The minimum absolute atomic E-state index is 0.327.